The molecule has 0 bridgehead atoms. The number of nitrogen functional groups attached to an aromatic ring is 1. The van der Waals surface area contributed by atoms with E-state index in [1.165, 1.54) is 0 Å². The van der Waals surface area contributed by atoms with E-state index >= 15 is 0 Å². The quantitative estimate of drug-likeness (QED) is 0.614. The van der Waals surface area contributed by atoms with Crippen molar-refractivity contribution in [1.82, 2.24) is 9.97 Å². The van der Waals surface area contributed by atoms with Gasteiger partial charge in [0.15, 0.2) is 5.82 Å². The number of anilines is 1. The molecule has 1 heterocycles. The van der Waals surface area contributed by atoms with Crippen molar-refractivity contribution < 1.29 is 4.74 Å². The van der Waals surface area contributed by atoms with E-state index < -0.39 is 0 Å². The molecule has 2 rings (SSSR count). The van der Waals surface area contributed by atoms with Crippen LogP contribution in [0.5, 0.6) is 0 Å². The molecule has 17 heavy (non-hydrogen) atoms. The lowest BCUT2D eigenvalue weighted by molar-refractivity contribution is -0.0846. The standard InChI is InChI=1S/C12H20N4O/c1-4-9-8(2)14-11(15-10(9)16-13)12(17-3)6-5-7-12/h4-7,13H2,1-3H3,(H,14,15,16). The summed E-state index contributed by atoms with van der Waals surface area (Å²) in [5.41, 5.74) is 4.43. The molecule has 1 fully saturated rings. The van der Waals surface area contributed by atoms with Gasteiger partial charge in [-0.05, 0) is 32.6 Å². The van der Waals surface area contributed by atoms with Gasteiger partial charge in [0.1, 0.15) is 11.4 Å². The Bertz CT molecular complexity index is 410. The highest BCUT2D eigenvalue weighted by Crippen LogP contribution is 2.43. The minimum atomic E-state index is -0.289. The van der Waals surface area contributed by atoms with E-state index in [0.717, 1.165) is 48.6 Å². The van der Waals surface area contributed by atoms with Crippen LogP contribution < -0.4 is 11.3 Å². The lowest BCUT2D eigenvalue weighted by Gasteiger charge is -2.39. The molecule has 3 N–H and O–H groups in total. The van der Waals surface area contributed by atoms with E-state index in [4.69, 9.17) is 10.6 Å². The average molecular weight is 236 g/mol. The summed E-state index contributed by atoms with van der Waals surface area (Å²) in [6, 6.07) is 0. The average Bonchev–Trinajstić information content (AvgIpc) is 2.27. The first-order chi connectivity index (χ1) is 8.16. The molecule has 0 aromatic carbocycles. The molecule has 0 spiro atoms. The Balaban J connectivity index is 2.46. The Kier molecular flexibility index (Phi) is 3.31. The van der Waals surface area contributed by atoms with Crippen LogP contribution >= 0.6 is 0 Å². The maximum Gasteiger partial charge on any atom is 0.162 e. The molecule has 1 aromatic heterocycles. The van der Waals surface area contributed by atoms with Gasteiger partial charge < -0.3 is 10.2 Å². The van der Waals surface area contributed by atoms with Gasteiger partial charge in [-0.2, -0.15) is 0 Å². The molecule has 0 amide bonds. The number of aromatic nitrogens is 2. The van der Waals surface area contributed by atoms with Crippen molar-refractivity contribution in [3.63, 3.8) is 0 Å². The molecule has 1 aliphatic rings. The molecule has 1 saturated carbocycles. The summed E-state index contributed by atoms with van der Waals surface area (Å²) < 4.78 is 5.59. The number of nitrogens with one attached hydrogen (secondary N) is 1. The van der Waals surface area contributed by atoms with Crippen molar-refractivity contribution in [3.05, 3.63) is 17.1 Å². The Morgan fingerprint density at radius 2 is 2.12 bits per heavy atom. The maximum atomic E-state index is 5.59. The molecule has 94 valence electrons. The second-order valence-corrected chi connectivity index (χ2v) is 4.51. The molecule has 1 aromatic rings. The number of rotatable bonds is 4. The molecule has 0 atom stereocenters. The number of methoxy groups -OCH3 is 1. The maximum absolute atomic E-state index is 5.59. The Morgan fingerprint density at radius 1 is 1.41 bits per heavy atom. The number of hydrogen-bond donors (Lipinski definition) is 2. The van der Waals surface area contributed by atoms with Crippen molar-refractivity contribution in [2.24, 2.45) is 5.84 Å². The van der Waals surface area contributed by atoms with Crippen molar-refractivity contribution >= 4 is 5.82 Å². The summed E-state index contributed by atoms with van der Waals surface area (Å²) in [7, 11) is 1.72. The van der Waals surface area contributed by atoms with E-state index in [9.17, 15) is 0 Å². The molecule has 1 aliphatic carbocycles. The molecule has 0 aliphatic heterocycles. The van der Waals surface area contributed by atoms with Gasteiger partial charge >= 0.3 is 0 Å². The summed E-state index contributed by atoms with van der Waals surface area (Å²) in [5.74, 6) is 7.01. The normalized spacial score (nSPS) is 17.6. The predicted octanol–water partition coefficient (Wildman–Crippen LogP) is 1.66. The van der Waals surface area contributed by atoms with Crippen molar-refractivity contribution in [2.45, 2.75) is 45.1 Å². The van der Waals surface area contributed by atoms with Crippen LogP contribution in [0.1, 0.15) is 43.3 Å². The Morgan fingerprint density at radius 3 is 2.53 bits per heavy atom. The number of hydrazine groups is 1. The Labute approximate surface area is 102 Å². The van der Waals surface area contributed by atoms with E-state index in [1.807, 2.05) is 6.92 Å². The number of ether oxygens (including phenoxy) is 1. The zero-order valence-corrected chi connectivity index (χ0v) is 10.7. The Hall–Kier alpha value is -1.20. The predicted molar refractivity (Wildman–Crippen MR) is 66.5 cm³/mol. The lowest BCUT2D eigenvalue weighted by Crippen LogP contribution is -2.38. The highest BCUT2D eigenvalue weighted by Gasteiger charge is 2.42. The van der Waals surface area contributed by atoms with Crippen LogP contribution in [0.15, 0.2) is 0 Å². The van der Waals surface area contributed by atoms with Gasteiger partial charge in [-0.25, -0.2) is 15.8 Å². The number of aryl methyl sites for hydroxylation is 1. The van der Waals surface area contributed by atoms with Crippen molar-refractivity contribution in [1.29, 1.82) is 0 Å². The fraction of sp³-hybridized carbons (Fsp3) is 0.667. The molecular weight excluding hydrogens is 216 g/mol. The summed E-state index contributed by atoms with van der Waals surface area (Å²) in [6.45, 7) is 4.06. The smallest absolute Gasteiger partial charge is 0.162 e. The van der Waals surface area contributed by atoms with Gasteiger partial charge in [-0.15, -0.1) is 0 Å². The van der Waals surface area contributed by atoms with Gasteiger partial charge in [0.2, 0.25) is 0 Å². The molecule has 0 saturated heterocycles. The van der Waals surface area contributed by atoms with Gasteiger partial charge in [0.25, 0.3) is 0 Å². The first-order valence-corrected chi connectivity index (χ1v) is 6.06. The van der Waals surface area contributed by atoms with Crippen LogP contribution in [-0.2, 0) is 16.8 Å². The highest BCUT2D eigenvalue weighted by atomic mass is 16.5. The van der Waals surface area contributed by atoms with Crippen LogP contribution in [0.3, 0.4) is 0 Å². The van der Waals surface area contributed by atoms with E-state index in [-0.39, 0.29) is 5.60 Å². The second-order valence-electron chi connectivity index (χ2n) is 4.51. The van der Waals surface area contributed by atoms with Gasteiger partial charge in [0, 0.05) is 18.4 Å². The molecular formula is C12H20N4O. The summed E-state index contributed by atoms with van der Waals surface area (Å²) >= 11 is 0. The van der Waals surface area contributed by atoms with E-state index in [0.29, 0.717) is 0 Å². The van der Waals surface area contributed by atoms with Crippen LogP contribution in [0, 0.1) is 6.92 Å². The van der Waals surface area contributed by atoms with Crippen LogP contribution in [0.2, 0.25) is 0 Å². The van der Waals surface area contributed by atoms with Gasteiger partial charge in [-0.1, -0.05) is 6.92 Å². The molecule has 5 heteroatoms. The van der Waals surface area contributed by atoms with E-state index in [2.05, 4.69) is 22.3 Å². The summed E-state index contributed by atoms with van der Waals surface area (Å²) in [6.07, 6.45) is 4.00. The van der Waals surface area contributed by atoms with Gasteiger partial charge in [-0.3, -0.25) is 0 Å². The van der Waals surface area contributed by atoms with Gasteiger partial charge in [0.05, 0.1) is 0 Å². The summed E-state index contributed by atoms with van der Waals surface area (Å²) in [5, 5.41) is 0. The summed E-state index contributed by atoms with van der Waals surface area (Å²) in [4.78, 5) is 9.10. The van der Waals surface area contributed by atoms with E-state index in [1.54, 1.807) is 7.11 Å². The number of nitrogens with zero attached hydrogens (tertiary/aromatic N) is 2. The first-order valence-electron chi connectivity index (χ1n) is 6.06. The largest absolute Gasteiger partial charge is 0.370 e. The van der Waals surface area contributed by atoms with Crippen molar-refractivity contribution in [3.8, 4) is 0 Å². The minimum absolute atomic E-state index is 0.289. The van der Waals surface area contributed by atoms with Crippen molar-refractivity contribution in [2.75, 3.05) is 12.5 Å². The SMILES string of the molecule is CCc1c(C)nc(C2(OC)CCC2)nc1NN. The van der Waals surface area contributed by atoms with Crippen LogP contribution in [-0.4, -0.2) is 17.1 Å². The zero-order valence-electron chi connectivity index (χ0n) is 10.7. The van der Waals surface area contributed by atoms with Crippen LogP contribution in [0.4, 0.5) is 5.82 Å². The topological polar surface area (TPSA) is 73.1 Å². The fourth-order valence-corrected chi connectivity index (χ4v) is 2.36. The third kappa shape index (κ3) is 1.89. The fourth-order valence-electron chi connectivity index (χ4n) is 2.36. The monoisotopic (exact) mass is 236 g/mol. The molecule has 5 nitrogen and oxygen atoms in total. The molecule has 0 radical (unpaired) electrons. The first kappa shape index (κ1) is 12.3. The molecule has 0 unspecified atom stereocenters. The lowest BCUT2D eigenvalue weighted by atomic mass is 9.79. The number of nitrogens with two attached hydrogens (primary N) is 1. The number of hydrogen-bond acceptors (Lipinski definition) is 5. The third-order valence-electron chi connectivity index (χ3n) is 3.66. The second kappa shape index (κ2) is 4.58. The van der Waals surface area contributed by atoms with Crippen LogP contribution in [0.25, 0.3) is 0 Å². The zero-order chi connectivity index (χ0) is 12.5. The minimum Gasteiger partial charge on any atom is -0.370 e. The highest BCUT2D eigenvalue weighted by molar-refractivity contribution is 5.46. The third-order valence-corrected chi connectivity index (χ3v) is 3.66.